The van der Waals surface area contributed by atoms with Gasteiger partial charge in [-0.25, -0.2) is 4.98 Å². The Bertz CT molecular complexity index is 857. The zero-order chi connectivity index (χ0) is 17.1. The summed E-state index contributed by atoms with van der Waals surface area (Å²) in [7, 11) is 1.62. The van der Waals surface area contributed by atoms with Gasteiger partial charge in [0.2, 0.25) is 5.91 Å². The Morgan fingerprint density at radius 3 is 2.88 bits per heavy atom. The second-order valence-corrected chi connectivity index (χ2v) is 8.41. The standard InChI is InChI=1S/C18H20N2O3S/c1-17(2)10-6-7-18(9-10,14(17)21)15(22)20-16-19-12-5-4-11(23-3)8-13(12)24-16/h4-5,8,10H,6-7,9H2,1-3H3,(H,19,20,22). The normalized spacial score (nSPS) is 27.6. The zero-order valence-electron chi connectivity index (χ0n) is 14.0. The number of hydrogen-bond donors (Lipinski definition) is 1. The molecule has 1 aromatic carbocycles. The van der Waals surface area contributed by atoms with E-state index in [0.29, 0.717) is 23.9 Å². The van der Waals surface area contributed by atoms with E-state index < -0.39 is 10.8 Å². The van der Waals surface area contributed by atoms with E-state index in [-0.39, 0.29) is 11.7 Å². The highest BCUT2D eigenvalue weighted by molar-refractivity contribution is 7.22. The molecule has 2 saturated carbocycles. The Balaban J connectivity index is 1.62. The van der Waals surface area contributed by atoms with Crippen molar-refractivity contribution in [1.82, 2.24) is 4.98 Å². The van der Waals surface area contributed by atoms with Crippen molar-refractivity contribution in [1.29, 1.82) is 0 Å². The van der Waals surface area contributed by atoms with Crippen LogP contribution in [-0.2, 0) is 9.59 Å². The molecule has 2 unspecified atom stereocenters. The molecular formula is C18H20N2O3S. The molecule has 0 aliphatic heterocycles. The number of amides is 1. The molecule has 5 nitrogen and oxygen atoms in total. The average Bonchev–Trinajstić information content (AvgIpc) is 3.21. The fourth-order valence-corrected chi connectivity index (χ4v) is 5.17. The molecule has 1 amide bonds. The Hall–Kier alpha value is -1.95. The summed E-state index contributed by atoms with van der Waals surface area (Å²) in [6.07, 6.45) is 2.27. The quantitative estimate of drug-likeness (QED) is 0.863. The molecule has 6 heteroatoms. The van der Waals surface area contributed by atoms with Gasteiger partial charge >= 0.3 is 0 Å². The van der Waals surface area contributed by atoms with E-state index in [1.54, 1.807) is 7.11 Å². The Morgan fingerprint density at radius 1 is 1.42 bits per heavy atom. The fourth-order valence-electron chi connectivity index (χ4n) is 4.28. The van der Waals surface area contributed by atoms with Gasteiger partial charge in [0.15, 0.2) is 10.9 Å². The third-order valence-electron chi connectivity index (χ3n) is 5.81. The highest BCUT2D eigenvalue weighted by Gasteiger charge is 2.65. The minimum atomic E-state index is -0.857. The fraction of sp³-hybridized carbons (Fsp3) is 0.500. The summed E-state index contributed by atoms with van der Waals surface area (Å²) >= 11 is 1.40. The van der Waals surface area contributed by atoms with Gasteiger partial charge in [-0.15, -0.1) is 0 Å². The summed E-state index contributed by atoms with van der Waals surface area (Å²) in [5.74, 6) is 0.975. The molecule has 2 aliphatic carbocycles. The number of nitrogens with zero attached hydrogens (tertiary/aromatic N) is 1. The second-order valence-electron chi connectivity index (χ2n) is 7.38. The lowest BCUT2D eigenvalue weighted by Crippen LogP contribution is -2.44. The smallest absolute Gasteiger partial charge is 0.239 e. The van der Waals surface area contributed by atoms with E-state index >= 15 is 0 Å². The lowest BCUT2D eigenvalue weighted by Gasteiger charge is -2.32. The van der Waals surface area contributed by atoms with E-state index in [2.05, 4.69) is 10.3 Å². The van der Waals surface area contributed by atoms with Gasteiger partial charge in [-0.3, -0.25) is 9.59 Å². The number of hydrogen-bond acceptors (Lipinski definition) is 5. The van der Waals surface area contributed by atoms with Crippen LogP contribution in [0.25, 0.3) is 10.2 Å². The molecule has 2 bridgehead atoms. The Kier molecular flexibility index (Phi) is 3.26. The van der Waals surface area contributed by atoms with Gasteiger partial charge in [-0.1, -0.05) is 25.2 Å². The lowest BCUT2D eigenvalue weighted by molar-refractivity contribution is -0.142. The third kappa shape index (κ3) is 2.02. The number of Topliss-reactive ketones (excluding diaryl/α,β-unsaturated/α-hetero) is 1. The zero-order valence-corrected chi connectivity index (χ0v) is 14.8. The summed E-state index contributed by atoms with van der Waals surface area (Å²) in [5, 5.41) is 3.44. The Labute approximate surface area is 144 Å². The maximum Gasteiger partial charge on any atom is 0.239 e. The highest BCUT2D eigenvalue weighted by Crippen LogP contribution is 2.60. The molecule has 0 spiro atoms. The molecule has 2 aliphatic rings. The molecule has 2 aromatic rings. The first-order valence-corrected chi connectivity index (χ1v) is 8.99. The van der Waals surface area contributed by atoms with E-state index in [1.807, 2.05) is 32.0 Å². The summed E-state index contributed by atoms with van der Waals surface area (Å²) < 4.78 is 6.17. The number of anilines is 1. The van der Waals surface area contributed by atoms with Crippen LogP contribution < -0.4 is 10.1 Å². The first-order valence-electron chi connectivity index (χ1n) is 8.18. The van der Waals surface area contributed by atoms with Crippen LogP contribution in [0, 0.1) is 16.7 Å². The van der Waals surface area contributed by atoms with Crippen LogP contribution >= 0.6 is 11.3 Å². The largest absolute Gasteiger partial charge is 0.497 e. The molecular weight excluding hydrogens is 324 g/mol. The monoisotopic (exact) mass is 344 g/mol. The van der Waals surface area contributed by atoms with E-state index in [0.717, 1.165) is 22.4 Å². The van der Waals surface area contributed by atoms with Crippen LogP contribution in [0.15, 0.2) is 18.2 Å². The molecule has 126 valence electrons. The van der Waals surface area contributed by atoms with Crippen LogP contribution in [0.5, 0.6) is 5.75 Å². The second kappa shape index (κ2) is 5.02. The van der Waals surface area contributed by atoms with Gasteiger partial charge in [0.1, 0.15) is 11.2 Å². The average molecular weight is 344 g/mol. The van der Waals surface area contributed by atoms with Crippen molar-refractivity contribution >= 4 is 38.4 Å². The topological polar surface area (TPSA) is 68.3 Å². The van der Waals surface area contributed by atoms with E-state index in [4.69, 9.17) is 4.74 Å². The number of methoxy groups -OCH3 is 1. The number of fused-ring (bicyclic) bond motifs is 3. The van der Waals surface area contributed by atoms with Gasteiger partial charge in [-0.2, -0.15) is 0 Å². The van der Waals surface area contributed by atoms with E-state index in [1.165, 1.54) is 11.3 Å². The maximum atomic E-state index is 12.9. The van der Waals surface area contributed by atoms with Crippen molar-refractivity contribution < 1.29 is 14.3 Å². The van der Waals surface area contributed by atoms with Gasteiger partial charge in [0, 0.05) is 5.41 Å². The molecule has 4 rings (SSSR count). The van der Waals surface area contributed by atoms with Gasteiger partial charge in [0.25, 0.3) is 0 Å². The number of carbonyl (C=O) groups is 2. The Morgan fingerprint density at radius 2 is 2.21 bits per heavy atom. The molecule has 1 N–H and O–H groups in total. The predicted molar refractivity (Wildman–Crippen MR) is 93.4 cm³/mol. The van der Waals surface area contributed by atoms with Crippen molar-refractivity contribution in [2.45, 2.75) is 33.1 Å². The molecule has 2 fully saturated rings. The number of nitrogens with one attached hydrogen (secondary N) is 1. The van der Waals surface area contributed by atoms with Crippen LogP contribution in [0.4, 0.5) is 5.13 Å². The van der Waals surface area contributed by atoms with Gasteiger partial charge < -0.3 is 10.1 Å². The summed E-state index contributed by atoms with van der Waals surface area (Å²) in [6, 6.07) is 5.61. The van der Waals surface area contributed by atoms with Crippen LogP contribution in [0.3, 0.4) is 0 Å². The maximum absolute atomic E-state index is 12.9. The SMILES string of the molecule is COc1ccc2nc(NC(=O)C34CCC(C3)C(C)(C)C4=O)sc2c1. The molecule has 24 heavy (non-hydrogen) atoms. The molecule has 0 saturated heterocycles. The van der Waals surface area contributed by atoms with Crippen LogP contribution in [0.1, 0.15) is 33.1 Å². The first-order chi connectivity index (χ1) is 11.4. The lowest BCUT2D eigenvalue weighted by atomic mass is 9.70. The van der Waals surface area contributed by atoms with Gasteiger partial charge in [0.05, 0.1) is 17.3 Å². The number of thiazole rings is 1. The minimum absolute atomic E-state index is 0.0894. The third-order valence-corrected chi connectivity index (χ3v) is 6.74. The number of aromatic nitrogens is 1. The predicted octanol–water partition coefficient (Wildman–Crippen LogP) is 3.64. The van der Waals surface area contributed by atoms with Crippen LogP contribution in [0.2, 0.25) is 0 Å². The number of ether oxygens (including phenoxy) is 1. The van der Waals surface area contributed by atoms with Crippen molar-refractivity contribution in [3.05, 3.63) is 18.2 Å². The van der Waals surface area contributed by atoms with Crippen molar-refractivity contribution in [2.24, 2.45) is 16.7 Å². The minimum Gasteiger partial charge on any atom is -0.497 e. The summed E-state index contributed by atoms with van der Waals surface area (Å²) in [6.45, 7) is 3.94. The van der Waals surface area contributed by atoms with Crippen molar-refractivity contribution in [3.8, 4) is 5.75 Å². The van der Waals surface area contributed by atoms with Crippen molar-refractivity contribution in [2.75, 3.05) is 12.4 Å². The van der Waals surface area contributed by atoms with E-state index in [9.17, 15) is 9.59 Å². The van der Waals surface area contributed by atoms with Gasteiger partial charge in [-0.05, 0) is 43.4 Å². The molecule has 1 heterocycles. The van der Waals surface area contributed by atoms with Crippen molar-refractivity contribution in [3.63, 3.8) is 0 Å². The molecule has 1 aromatic heterocycles. The number of ketones is 1. The summed E-state index contributed by atoms with van der Waals surface area (Å²) in [5.41, 5.74) is -0.434. The number of benzene rings is 1. The molecule has 2 atom stereocenters. The van der Waals surface area contributed by atoms with Crippen LogP contribution in [-0.4, -0.2) is 23.8 Å². The summed E-state index contributed by atoms with van der Waals surface area (Å²) in [4.78, 5) is 30.2. The number of carbonyl (C=O) groups excluding carboxylic acids is 2. The number of rotatable bonds is 3. The highest BCUT2D eigenvalue weighted by atomic mass is 32.1. The first kappa shape index (κ1) is 15.6. The molecule has 0 radical (unpaired) electrons.